The zero-order valence-electron chi connectivity index (χ0n) is 31.6. The summed E-state index contributed by atoms with van der Waals surface area (Å²) in [5.74, 6) is -2.81. The number of hydrogen-bond acceptors (Lipinski definition) is 7. The smallest absolute Gasteiger partial charge is 0.396 e. The Kier molecular flexibility index (Phi) is 10.1. The fourth-order valence-electron chi connectivity index (χ4n) is 13.3. The standard InChI is InChI=1S/C40H60F6O7/c1-4-34(15-47,20-50-30-13-24-11-26(30)28-8-10-33(38(24,28)40(44,45)46)53-23-36(6-3)18-49-19-36)21-52-32-9-7-29-27-12-25(37(29,32)39(41,42)43)14-31(27)51-22-35(5-2)16-48-17-35/h24-33,47H,4-23H2,1-3H3. The maximum absolute atomic E-state index is 15.3. The van der Waals surface area contributed by atoms with E-state index in [0.717, 1.165) is 12.8 Å². The molecule has 13 heteroatoms. The Morgan fingerprint density at radius 3 is 1.47 bits per heavy atom. The van der Waals surface area contributed by atoms with Gasteiger partial charge in [0.25, 0.3) is 0 Å². The molecule has 8 fully saturated rings. The van der Waals surface area contributed by atoms with Gasteiger partial charge in [-0.05, 0) is 106 Å². The molecular weight excluding hydrogens is 706 g/mol. The molecule has 0 radical (unpaired) electrons. The topological polar surface area (TPSA) is 75.6 Å². The number of hydrogen-bond donors (Lipinski definition) is 1. The van der Waals surface area contributed by atoms with Crippen molar-refractivity contribution >= 4 is 0 Å². The summed E-state index contributed by atoms with van der Waals surface area (Å²) in [6.45, 7) is 8.64. The first-order valence-electron chi connectivity index (χ1n) is 20.5. The second-order valence-electron chi connectivity index (χ2n) is 18.9. The van der Waals surface area contributed by atoms with E-state index in [1.165, 1.54) is 0 Å². The van der Waals surface area contributed by atoms with Crippen molar-refractivity contribution in [3.8, 4) is 0 Å². The summed E-state index contributed by atoms with van der Waals surface area (Å²) in [6, 6.07) is 0. The minimum Gasteiger partial charge on any atom is -0.396 e. The van der Waals surface area contributed by atoms with E-state index in [9.17, 15) is 5.11 Å². The van der Waals surface area contributed by atoms with Crippen molar-refractivity contribution in [3.63, 3.8) is 0 Å². The molecule has 6 aliphatic carbocycles. The van der Waals surface area contributed by atoms with Crippen LogP contribution in [0.4, 0.5) is 26.3 Å². The normalized spacial score (nSPS) is 44.5. The molecule has 0 aromatic heterocycles. The highest BCUT2D eigenvalue weighted by atomic mass is 19.4. The first-order chi connectivity index (χ1) is 25.2. The highest BCUT2D eigenvalue weighted by Crippen LogP contribution is 2.74. The molecule has 0 amide bonds. The van der Waals surface area contributed by atoms with Gasteiger partial charge in [0.2, 0.25) is 0 Å². The molecular formula is C40H60F6O7. The number of aliphatic hydroxyl groups excluding tert-OH is 1. The van der Waals surface area contributed by atoms with E-state index in [4.69, 9.17) is 28.4 Å². The predicted molar refractivity (Wildman–Crippen MR) is 181 cm³/mol. The van der Waals surface area contributed by atoms with Crippen LogP contribution in [0.1, 0.15) is 91.4 Å². The Bertz CT molecular complexity index is 1300. The van der Waals surface area contributed by atoms with E-state index in [1.807, 2.05) is 13.8 Å². The lowest BCUT2D eigenvalue weighted by molar-refractivity contribution is -0.296. The van der Waals surface area contributed by atoms with Gasteiger partial charge in [-0.15, -0.1) is 0 Å². The maximum atomic E-state index is 15.3. The monoisotopic (exact) mass is 766 g/mol. The molecule has 8 aliphatic rings. The van der Waals surface area contributed by atoms with Crippen molar-refractivity contribution in [1.82, 2.24) is 0 Å². The van der Waals surface area contributed by atoms with Gasteiger partial charge in [-0.2, -0.15) is 26.3 Å². The Morgan fingerprint density at radius 2 is 1.06 bits per heavy atom. The molecule has 13 unspecified atom stereocenters. The molecule has 53 heavy (non-hydrogen) atoms. The average Bonchev–Trinajstić information content (AvgIpc) is 3.92. The zero-order valence-corrected chi connectivity index (χ0v) is 31.6. The van der Waals surface area contributed by atoms with Crippen LogP contribution in [0.25, 0.3) is 0 Å². The highest BCUT2D eigenvalue weighted by molar-refractivity contribution is 5.20. The zero-order chi connectivity index (χ0) is 37.7. The van der Waals surface area contributed by atoms with Crippen LogP contribution in [0.5, 0.6) is 0 Å². The second-order valence-corrected chi connectivity index (χ2v) is 18.9. The van der Waals surface area contributed by atoms with E-state index in [-0.39, 0.29) is 61.6 Å². The molecule has 2 aliphatic heterocycles. The average molecular weight is 767 g/mol. The lowest BCUT2D eigenvalue weighted by atomic mass is 9.65. The van der Waals surface area contributed by atoms with Crippen molar-refractivity contribution in [3.05, 3.63) is 0 Å². The molecule has 7 nitrogen and oxygen atoms in total. The number of alkyl halides is 6. The summed E-state index contributed by atoms with van der Waals surface area (Å²) < 4.78 is 128. The van der Waals surface area contributed by atoms with E-state index >= 15 is 26.3 Å². The fraction of sp³-hybridized carbons (Fsp3) is 1.00. The molecule has 4 bridgehead atoms. The summed E-state index contributed by atoms with van der Waals surface area (Å²) in [5, 5.41) is 10.7. The minimum absolute atomic E-state index is 0.0264. The van der Waals surface area contributed by atoms with Gasteiger partial charge in [0, 0.05) is 16.2 Å². The molecule has 2 saturated heterocycles. The van der Waals surface area contributed by atoms with E-state index in [1.54, 1.807) is 0 Å². The molecule has 304 valence electrons. The fourth-order valence-corrected chi connectivity index (χ4v) is 13.3. The minimum atomic E-state index is -4.44. The number of aliphatic hydroxyl groups is 1. The van der Waals surface area contributed by atoms with Crippen molar-refractivity contribution in [2.75, 3.05) is 59.5 Å². The summed E-state index contributed by atoms with van der Waals surface area (Å²) in [6.07, 6.45) is -6.21. The number of halogens is 6. The molecule has 13 atom stereocenters. The Morgan fingerprint density at radius 1 is 0.604 bits per heavy atom. The summed E-state index contributed by atoms with van der Waals surface area (Å²) in [5.41, 5.74) is -5.03. The molecule has 2 heterocycles. The number of rotatable bonds is 16. The van der Waals surface area contributed by atoms with Gasteiger partial charge in [-0.1, -0.05) is 20.8 Å². The quantitative estimate of drug-likeness (QED) is 0.161. The third kappa shape index (κ3) is 5.75. The number of fused-ring (bicyclic) bond motifs is 10. The number of ether oxygens (including phenoxy) is 6. The van der Waals surface area contributed by atoms with Crippen LogP contribution in [0, 0.1) is 62.6 Å². The first-order valence-corrected chi connectivity index (χ1v) is 20.5. The summed E-state index contributed by atoms with van der Waals surface area (Å²) >= 11 is 0. The summed E-state index contributed by atoms with van der Waals surface area (Å²) in [4.78, 5) is 0. The Labute approximate surface area is 309 Å². The van der Waals surface area contributed by atoms with Crippen LogP contribution in [0.2, 0.25) is 0 Å². The van der Waals surface area contributed by atoms with E-state index in [2.05, 4.69) is 6.92 Å². The van der Waals surface area contributed by atoms with Crippen molar-refractivity contribution in [1.29, 1.82) is 0 Å². The first kappa shape index (κ1) is 39.1. The van der Waals surface area contributed by atoms with Crippen LogP contribution in [-0.2, 0) is 28.4 Å². The van der Waals surface area contributed by atoms with E-state index in [0.29, 0.717) is 84.4 Å². The summed E-state index contributed by atoms with van der Waals surface area (Å²) in [7, 11) is 0. The van der Waals surface area contributed by atoms with Crippen LogP contribution < -0.4 is 0 Å². The van der Waals surface area contributed by atoms with Gasteiger partial charge in [0.05, 0.1) is 94.7 Å². The SMILES string of the molecule is CCC1(COC2CC3CC2C2CCC(OCC(CC)(CO)COC4CC5CC4C4CCC(OCC6(CC)COC6)C54C(F)(F)F)C32C(F)(F)F)COC1. The molecule has 1 N–H and O–H groups in total. The molecule has 0 aromatic rings. The maximum Gasteiger partial charge on any atom is 0.397 e. The Hall–Kier alpha value is -0.700. The van der Waals surface area contributed by atoms with Gasteiger partial charge in [-0.3, -0.25) is 0 Å². The lowest BCUT2D eigenvalue weighted by Gasteiger charge is -2.48. The lowest BCUT2D eigenvalue weighted by Crippen LogP contribution is -2.56. The largest absolute Gasteiger partial charge is 0.397 e. The molecule has 0 spiro atoms. The molecule has 8 rings (SSSR count). The van der Waals surface area contributed by atoms with Crippen LogP contribution >= 0.6 is 0 Å². The van der Waals surface area contributed by atoms with Crippen molar-refractivity contribution in [2.45, 2.75) is 128 Å². The van der Waals surface area contributed by atoms with Crippen molar-refractivity contribution in [2.24, 2.45) is 62.6 Å². The Balaban J connectivity index is 0.911. The van der Waals surface area contributed by atoms with Gasteiger partial charge >= 0.3 is 12.4 Å². The highest BCUT2D eigenvalue weighted by Gasteiger charge is 2.79. The van der Waals surface area contributed by atoms with Crippen LogP contribution in [0.15, 0.2) is 0 Å². The van der Waals surface area contributed by atoms with Gasteiger partial charge in [0.15, 0.2) is 0 Å². The van der Waals surface area contributed by atoms with Crippen LogP contribution in [-0.4, -0.2) is 101 Å². The van der Waals surface area contributed by atoms with Crippen molar-refractivity contribution < 1.29 is 59.9 Å². The molecule has 0 aromatic carbocycles. The molecule has 6 saturated carbocycles. The van der Waals surface area contributed by atoms with E-state index < -0.39 is 70.6 Å². The third-order valence-electron chi connectivity index (χ3n) is 16.8. The predicted octanol–water partition coefficient (Wildman–Crippen LogP) is 7.77. The van der Waals surface area contributed by atoms with Gasteiger partial charge in [0.1, 0.15) is 0 Å². The second kappa shape index (κ2) is 13.7. The van der Waals surface area contributed by atoms with Gasteiger partial charge in [-0.25, -0.2) is 0 Å². The van der Waals surface area contributed by atoms with Gasteiger partial charge < -0.3 is 33.5 Å². The third-order valence-corrected chi connectivity index (χ3v) is 16.8. The van der Waals surface area contributed by atoms with Crippen LogP contribution in [0.3, 0.4) is 0 Å².